The lowest BCUT2D eigenvalue weighted by Crippen LogP contribution is -2.35. The van der Waals surface area contributed by atoms with Gasteiger partial charge in [0.25, 0.3) is 0 Å². The summed E-state index contributed by atoms with van der Waals surface area (Å²) in [5.74, 6) is -3.33. The van der Waals surface area contributed by atoms with Crippen molar-refractivity contribution in [1.82, 2.24) is 0 Å². The quantitative estimate of drug-likeness (QED) is 0.305. The number of aromatic hydroxyl groups is 4. The van der Waals surface area contributed by atoms with Crippen LogP contribution in [0, 0.1) is 0 Å². The van der Waals surface area contributed by atoms with E-state index in [4.69, 9.17) is 9.47 Å². The van der Waals surface area contributed by atoms with E-state index in [1.54, 1.807) is 0 Å². The van der Waals surface area contributed by atoms with E-state index in [-0.39, 0.29) is 46.1 Å². The molecule has 1 heterocycles. The molecule has 164 valence electrons. The Morgan fingerprint density at radius 3 is 2.28 bits per heavy atom. The zero-order valence-electron chi connectivity index (χ0n) is 16.4. The molecule has 32 heavy (non-hydrogen) atoms. The van der Waals surface area contributed by atoms with Gasteiger partial charge in [-0.05, 0) is 24.3 Å². The van der Waals surface area contributed by atoms with E-state index < -0.39 is 29.9 Å². The molecule has 1 aliphatic heterocycles. The summed E-state index contributed by atoms with van der Waals surface area (Å²) in [6.07, 6.45) is -2.04. The highest BCUT2D eigenvalue weighted by Gasteiger charge is 2.37. The molecule has 1 aliphatic rings. The van der Waals surface area contributed by atoms with Crippen LogP contribution in [0.5, 0.6) is 28.7 Å². The third kappa shape index (κ3) is 3.83. The highest BCUT2D eigenvalue weighted by molar-refractivity contribution is 6.02. The predicted octanol–water partition coefficient (Wildman–Crippen LogP) is 3.11. The van der Waals surface area contributed by atoms with Gasteiger partial charge in [0, 0.05) is 29.7 Å². The summed E-state index contributed by atoms with van der Waals surface area (Å²) in [4.78, 5) is 24.3. The van der Waals surface area contributed by atoms with Crippen molar-refractivity contribution in [3.8, 4) is 28.7 Å². The molecule has 3 aromatic rings. The third-order valence-corrected chi connectivity index (χ3v) is 5.13. The van der Waals surface area contributed by atoms with Crippen LogP contribution in [-0.4, -0.2) is 43.6 Å². The number of phenols is 4. The van der Waals surface area contributed by atoms with E-state index in [2.05, 4.69) is 0 Å². The monoisotopic (exact) mass is 438 g/mol. The predicted molar refractivity (Wildman–Crippen MR) is 109 cm³/mol. The van der Waals surface area contributed by atoms with Gasteiger partial charge in [-0.2, -0.15) is 0 Å². The molecule has 4 rings (SSSR count). The highest BCUT2D eigenvalue weighted by Crippen LogP contribution is 2.44. The van der Waals surface area contributed by atoms with Crippen LogP contribution in [0.3, 0.4) is 0 Å². The number of benzene rings is 3. The average molecular weight is 438 g/mol. The normalized spacial score (nSPS) is 17.1. The first-order chi connectivity index (χ1) is 15.2. The maximum absolute atomic E-state index is 12.9. The summed E-state index contributed by atoms with van der Waals surface area (Å²) in [6.45, 7) is 0. The second-order valence-electron chi connectivity index (χ2n) is 7.23. The third-order valence-electron chi connectivity index (χ3n) is 5.13. The molecule has 0 amide bonds. The standard InChI is InChI=1S/C23H18O9/c24-12-8-17(26)15-10-20(32-23(30)14-4-2-1-3-13(14)22(28)29)21(31-19(15)9-12)11-5-6-16(25)18(27)7-11/h1-9,20-21,24-27H,10H2,(H,28,29). The molecule has 0 saturated heterocycles. The second kappa shape index (κ2) is 8.03. The minimum Gasteiger partial charge on any atom is -0.508 e. The molecule has 0 aromatic heterocycles. The number of ether oxygens (including phenoxy) is 2. The molecular formula is C23H18O9. The molecule has 0 saturated carbocycles. The smallest absolute Gasteiger partial charge is 0.339 e. The number of fused-ring (bicyclic) bond motifs is 1. The first-order valence-corrected chi connectivity index (χ1v) is 9.51. The Balaban J connectivity index is 1.74. The molecule has 0 bridgehead atoms. The van der Waals surface area contributed by atoms with E-state index >= 15 is 0 Å². The lowest BCUT2D eigenvalue weighted by atomic mass is 9.93. The van der Waals surface area contributed by atoms with E-state index in [0.717, 1.165) is 6.07 Å². The van der Waals surface area contributed by atoms with Crippen molar-refractivity contribution in [1.29, 1.82) is 0 Å². The van der Waals surface area contributed by atoms with Gasteiger partial charge in [-0.1, -0.05) is 18.2 Å². The molecule has 9 nitrogen and oxygen atoms in total. The van der Waals surface area contributed by atoms with Gasteiger partial charge in [-0.3, -0.25) is 0 Å². The van der Waals surface area contributed by atoms with E-state index in [1.807, 2.05) is 0 Å². The number of carbonyl (C=O) groups excluding carboxylic acids is 1. The van der Waals surface area contributed by atoms with Gasteiger partial charge < -0.3 is 35.0 Å². The van der Waals surface area contributed by atoms with Crippen LogP contribution in [-0.2, 0) is 11.2 Å². The molecule has 9 heteroatoms. The summed E-state index contributed by atoms with van der Waals surface area (Å²) in [5, 5.41) is 48.9. The summed E-state index contributed by atoms with van der Waals surface area (Å²) < 4.78 is 11.5. The number of rotatable bonds is 4. The number of carboxylic acid groups (broad SMARTS) is 1. The number of carboxylic acids is 1. The molecule has 0 aliphatic carbocycles. The SMILES string of the molecule is O=C(O)c1ccccc1C(=O)OC1Cc2c(O)cc(O)cc2OC1c1ccc(O)c(O)c1. The lowest BCUT2D eigenvalue weighted by Gasteiger charge is -2.34. The van der Waals surface area contributed by atoms with Crippen LogP contribution in [0.25, 0.3) is 0 Å². The summed E-state index contributed by atoms with van der Waals surface area (Å²) in [7, 11) is 0. The van der Waals surface area contributed by atoms with Crippen LogP contribution < -0.4 is 4.74 Å². The van der Waals surface area contributed by atoms with Crippen LogP contribution in [0.15, 0.2) is 54.6 Å². The Morgan fingerprint density at radius 2 is 1.59 bits per heavy atom. The van der Waals surface area contributed by atoms with E-state index in [9.17, 15) is 35.1 Å². The molecule has 5 N–H and O–H groups in total. The largest absolute Gasteiger partial charge is 0.508 e. The first-order valence-electron chi connectivity index (χ1n) is 9.51. The van der Waals surface area contributed by atoms with Crippen molar-refractivity contribution in [3.63, 3.8) is 0 Å². The number of phenolic OH excluding ortho intramolecular Hbond substituents is 4. The van der Waals surface area contributed by atoms with Crippen LogP contribution in [0.2, 0.25) is 0 Å². The number of hydrogen-bond acceptors (Lipinski definition) is 8. The topological polar surface area (TPSA) is 154 Å². The summed E-state index contributed by atoms with van der Waals surface area (Å²) in [5.41, 5.74) is 0.235. The minimum absolute atomic E-state index is 0.0191. The molecule has 0 radical (unpaired) electrons. The van der Waals surface area contributed by atoms with Gasteiger partial charge in [0.15, 0.2) is 17.6 Å². The van der Waals surface area contributed by atoms with Crippen molar-refractivity contribution in [2.75, 3.05) is 0 Å². The van der Waals surface area contributed by atoms with Gasteiger partial charge in [0.2, 0.25) is 0 Å². The van der Waals surface area contributed by atoms with Crippen molar-refractivity contribution >= 4 is 11.9 Å². The maximum atomic E-state index is 12.9. The summed E-state index contributed by atoms with van der Waals surface area (Å²) >= 11 is 0. The van der Waals surface area contributed by atoms with E-state index in [1.165, 1.54) is 48.5 Å². The Bertz CT molecular complexity index is 1220. The molecule has 2 atom stereocenters. The Morgan fingerprint density at radius 1 is 0.875 bits per heavy atom. The second-order valence-corrected chi connectivity index (χ2v) is 7.23. The van der Waals surface area contributed by atoms with Crippen LogP contribution >= 0.6 is 0 Å². The first kappa shape index (κ1) is 20.9. The number of esters is 1. The van der Waals surface area contributed by atoms with Crippen molar-refractivity contribution < 1.29 is 44.6 Å². The van der Waals surface area contributed by atoms with Crippen LogP contribution in [0.1, 0.15) is 37.9 Å². The highest BCUT2D eigenvalue weighted by atomic mass is 16.6. The Labute approximate surface area is 181 Å². The molecule has 2 unspecified atom stereocenters. The summed E-state index contributed by atoms with van der Waals surface area (Å²) in [6, 6.07) is 11.9. The number of carbonyl (C=O) groups is 2. The van der Waals surface area contributed by atoms with Gasteiger partial charge in [0.05, 0.1) is 11.1 Å². The zero-order chi connectivity index (χ0) is 23.0. The van der Waals surface area contributed by atoms with Gasteiger partial charge in [-0.15, -0.1) is 0 Å². The fraction of sp³-hybridized carbons (Fsp3) is 0.130. The lowest BCUT2D eigenvalue weighted by molar-refractivity contribution is -0.0190. The van der Waals surface area contributed by atoms with Crippen molar-refractivity contribution in [2.24, 2.45) is 0 Å². The molecule has 3 aromatic carbocycles. The molecular weight excluding hydrogens is 420 g/mol. The fourth-order valence-electron chi connectivity index (χ4n) is 3.60. The average Bonchev–Trinajstić information content (AvgIpc) is 2.75. The van der Waals surface area contributed by atoms with E-state index in [0.29, 0.717) is 5.56 Å². The van der Waals surface area contributed by atoms with Crippen molar-refractivity contribution in [3.05, 3.63) is 76.9 Å². The zero-order valence-corrected chi connectivity index (χ0v) is 16.4. The Kier molecular flexibility index (Phi) is 5.23. The number of aromatic carboxylic acids is 1. The minimum atomic E-state index is -1.30. The fourth-order valence-corrected chi connectivity index (χ4v) is 3.60. The number of hydrogen-bond donors (Lipinski definition) is 5. The molecule has 0 spiro atoms. The Hall–Kier alpha value is -4.40. The van der Waals surface area contributed by atoms with Gasteiger partial charge >= 0.3 is 11.9 Å². The maximum Gasteiger partial charge on any atom is 0.339 e. The van der Waals surface area contributed by atoms with Gasteiger partial charge in [0.1, 0.15) is 23.4 Å². The molecule has 0 fully saturated rings. The van der Waals surface area contributed by atoms with Gasteiger partial charge in [-0.25, -0.2) is 9.59 Å². The van der Waals surface area contributed by atoms with Crippen LogP contribution in [0.4, 0.5) is 0 Å². The van der Waals surface area contributed by atoms with Crippen molar-refractivity contribution in [2.45, 2.75) is 18.6 Å².